The van der Waals surface area contributed by atoms with Gasteiger partial charge in [-0.05, 0) is 34.1 Å². The number of carbonyl (C=O) groups excluding carboxylic acids is 1. The number of rotatable bonds is 6. The largest absolute Gasteiger partial charge is 0.379 e. The quantitative estimate of drug-likeness (QED) is 0.303. The number of nitrogen functional groups attached to an aromatic ring is 1. The first-order valence-electron chi connectivity index (χ1n) is 9.82. The Hall–Kier alpha value is -2.60. The summed E-state index contributed by atoms with van der Waals surface area (Å²) in [5.41, 5.74) is 3.80. The predicted octanol–water partition coefficient (Wildman–Crippen LogP) is 1.08. The fourth-order valence-corrected chi connectivity index (χ4v) is 3.97. The Morgan fingerprint density at radius 2 is 1.94 bits per heavy atom. The van der Waals surface area contributed by atoms with Crippen LogP contribution < -0.4 is 17.0 Å². The number of carbonyl (C=O) groups is 1. The Morgan fingerprint density at radius 1 is 1.19 bits per heavy atom. The summed E-state index contributed by atoms with van der Waals surface area (Å²) in [6.45, 7) is 4.30. The minimum Gasteiger partial charge on any atom is -0.379 e. The average molecular weight is 493 g/mol. The lowest BCUT2D eigenvalue weighted by atomic mass is 10.2. The average Bonchev–Trinajstić information content (AvgIpc) is 3.03. The van der Waals surface area contributed by atoms with Gasteiger partial charge in [0.15, 0.2) is 0 Å². The number of ether oxygens (including phenoxy) is 1. The number of aromatic nitrogens is 3. The molecule has 1 aliphatic heterocycles. The number of amides is 1. The summed E-state index contributed by atoms with van der Waals surface area (Å²) in [6, 6.07) is 6.19. The zero-order chi connectivity index (χ0) is 22.0. The van der Waals surface area contributed by atoms with Crippen LogP contribution in [0.3, 0.4) is 0 Å². The Kier molecular flexibility index (Phi) is 6.46. The zero-order valence-electron chi connectivity index (χ0n) is 16.7. The molecule has 3 N–H and O–H groups in total. The number of morpholine rings is 1. The van der Waals surface area contributed by atoms with Crippen LogP contribution >= 0.6 is 15.9 Å². The van der Waals surface area contributed by atoms with Crippen LogP contribution in [-0.4, -0.2) is 57.8 Å². The number of nitrogens with one attached hydrogen (secondary N) is 1. The van der Waals surface area contributed by atoms with E-state index in [0.29, 0.717) is 53.1 Å². The number of hydrogen-bond donors (Lipinski definition) is 2. The van der Waals surface area contributed by atoms with E-state index in [1.165, 1.54) is 16.8 Å². The van der Waals surface area contributed by atoms with E-state index in [0.717, 1.165) is 13.1 Å². The molecule has 31 heavy (non-hydrogen) atoms. The highest BCUT2D eigenvalue weighted by molar-refractivity contribution is 9.10. The first-order chi connectivity index (χ1) is 15.0. The van der Waals surface area contributed by atoms with Crippen LogP contribution in [0.1, 0.15) is 16.1 Å². The molecule has 0 bridgehead atoms. The fourth-order valence-electron chi connectivity index (χ4n) is 3.64. The maximum Gasteiger partial charge on any atom is 0.329 e. The van der Waals surface area contributed by atoms with Crippen molar-refractivity contribution in [1.29, 1.82) is 0 Å². The van der Waals surface area contributed by atoms with E-state index in [2.05, 4.69) is 25.8 Å². The number of imidazole rings is 1. The van der Waals surface area contributed by atoms with Gasteiger partial charge < -0.3 is 4.74 Å². The lowest BCUT2D eigenvalue weighted by Crippen LogP contribution is -2.39. The summed E-state index contributed by atoms with van der Waals surface area (Å²) in [7, 11) is 0. The first-order valence-corrected chi connectivity index (χ1v) is 10.6. The second-order valence-corrected chi connectivity index (χ2v) is 8.10. The van der Waals surface area contributed by atoms with Gasteiger partial charge in [0, 0.05) is 38.4 Å². The van der Waals surface area contributed by atoms with Crippen molar-refractivity contribution in [3.63, 3.8) is 0 Å². The molecular weight excluding hydrogens is 471 g/mol. The number of nitrogens with two attached hydrogens (primary N) is 1. The lowest BCUT2D eigenvalue weighted by Gasteiger charge is -2.26. The number of nitrogens with zero attached hydrogens (tertiary/aromatic N) is 4. The van der Waals surface area contributed by atoms with Gasteiger partial charge in [-0.25, -0.2) is 15.0 Å². The summed E-state index contributed by atoms with van der Waals surface area (Å²) < 4.78 is 23.1. The van der Waals surface area contributed by atoms with Gasteiger partial charge >= 0.3 is 5.69 Å². The van der Waals surface area contributed by atoms with E-state index >= 15 is 0 Å². The topological polar surface area (TPSA) is 107 Å². The van der Waals surface area contributed by atoms with Crippen molar-refractivity contribution in [2.75, 3.05) is 32.8 Å². The number of halogens is 2. The highest BCUT2D eigenvalue weighted by Crippen LogP contribution is 2.23. The number of hydrogen-bond acceptors (Lipinski definition) is 6. The van der Waals surface area contributed by atoms with E-state index < -0.39 is 11.7 Å². The fraction of sp³-hybridized carbons (Fsp3) is 0.350. The highest BCUT2D eigenvalue weighted by Gasteiger charge is 2.18. The molecule has 2 aromatic heterocycles. The third-order valence-electron chi connectivity index (χ3n) is 5.34. The summed E-state index contributed by atoms with van der Waals surface area (Å²) in [4.78, 5) is 31.3. The van der Waals surface area contributed by atoms with Gasteiger partial charge in [0.25, 0.3) is 5.91 Å². The Balaban J connectivity index is 1.67. The van der Waals surface area contributed by atoms with E-state index in [1.54, 1.807) is 22.8 Å². The molecule has 0 unspecified atom stereocenters. The van der Waals surface area contributed by atoms with Gasteiger partial charge in [0.2, 0.25) is 0 Å². The number of hydrazine groups is 1. The van der Waals surface area contributed by atoms with Crippen molar-refractivity contribution < 1.29 is 13.9 Å². The molecule has 1 aromatic carbocycles. The molecule has 1 aliphatic rings. The van der Waals surface area contributed by atoms with E-state index in [9.17, 15) is 14.0 Å². The van der Waals surface area contributed by atoms with Crippen LogP contribution in [0.15, 0.2) is 39.7 Å². The second kappa shape index (κ2) is 9.27. The van der Waals surface area contributed by atoms with E-state index in [-0.39, 0.29) is 12.2 Å². The third-order valence-corrected chi connectivity index (χ3v) is 5.95. The van der Waals surface area contributed by atoms with Gasteiger partial charge in [0.1, 0.15) is 5.82 Å². The van der Waals surface area contributed by atoms with E-state index in [1.807, 2.05) is 5.43 Å². The van der Waals surface area contributed by atoms with Gasteiger partial charge in [-0.2, -0.15) is 0 Å². The Morgan fingerprint density at radius 3 is 2.61 bits per heavy atom. The van der Waals surface area contributed by atoms with Crippen LogP contribution in [-0.2, 0) is 17.8 Å². The molecule has 1 saturated heterocycles. The molecule has 4 rings (SSSR count). The molecule has 1 fully saturated rings. The minimum atomic E-state index is -0.456. The Bertz CT molecular complexity index is 1150. The summed E-state index contributed by atoms with van der Waals surface area (Å²) in [5, 5.41) is 0. The molecule has 9 nitrogen and oxygen atoms in total. The van der Waals surface area contributed by atoms with Gasteiger partial charge in [-0.1, -0.05) is 0 Å². The lowest BCUT2D eigenvalue weighted by molar-refractivity contribution is 0.0364. The second-order valence-electron chi connectivity index (χ2n) is 7.24. The minimum absolute atomic E-state index is 0.144. The highest BCUT2D eigenvalue weighted by atomic mass is 79.9. The molecule has 0 spiro atoms. The maximum absolute atomic E-state index is 14.3. The number of benzene rings is 1. The van der Waals surface area contributed by atoms with E-state index in [4.69, 9.17) is 10.6 Å². The van der Waals surface area contributed by atoms with Crippen LogP contribution in [0, 0.1) is 5.82 Å². The predicted molar refractivity (Wildman–Crippen MR) is 116 cm³/mol. The van der Waals surface area contributed by atoms with Crippen molar-refractivity contribution in [3.8, 4) is 0 Å². The Labute approximate surface area is 185 Å². The smallest absolute Gasteiger partial charge is 0.329 e. The van der Waals surface area contributed by atoms with Crippen molar-refractivity contribution in [2.24, 2.45) is 5.84 Å². The van der Waals surface area contributed by atoms with Crippen LogP contribution in [0.25, 0.3) is 11.0 Å². The first kappa shape index (κ1) is 21.6. The third kappa shape index (κ3) is 4.54. The molecule has 0 radical (unpaired) electrons. The summed E-state index contributed by atoms with van der Waals surface area (Å²) in [6.07, 6.45) is 1.39. The zero-order valence-corrected chi connectivity index (χ0v) is 18.3. The maximum atomic E-state index is 14.3. The normalized spacial score (nSPS) is 14.8. The van der Waals surface area contributed by atoms with Crippen molar-refractivity contribution >= 4 is 32.9 Å². The van der Waals surface area contributed by atoms with Crippen LogP contribution in [0.2, 0.25) is 0 Å². The van der Waals surface area contributed by atoms with Gasteiger partial charge in [-0.3, -0.25) is 29.2 Å². The molecule has 0 aliphatic carbocycles. The molecule has 3 heterocycles. The molecular formula is C20H22BrFN6O3. The standard InChI is InChI=1S/C20H22BrFN6O3/c21-15-9-17-18(10-16(15)22)28(12-14-2-1-13(11-24-14)19(29)25-23)20(30)27(17)4-3-26-5-7-31-8-6-26/h1-2,9-11H,3-8,12,23H2,(H,25,29). The molecule has 0 atom stereocenters. The van der Waals surface area contributed by atoms with Crippen LogP contribution in [0.5, 0.6) is 0 Å². The number of fused-ring (bicyclic) bond motifs is 1. The van der Waals surface area contributed by atoms with Crippen molar-refractivity contribution in [1.82, 2.24) is 24.4 Å². The van der Waals surface area contributed by atoms with Crippen molar-refractivity contribution in [3.05, 3.63) is 62.5 Å². The van der Waals surface area contributed by atoms with Gasteiger partial charge in [-0.15, -0.1) is 0 Å². The van der Waals surface area contributed by atoms with Gasteiger partial charge in [0.05, 0.1) is 46.5 Å². The molecule has 3 aromatic rings. The molecule has 0 saturated carbocycles. The van der Waals surface area contributed by atoms with Crippen molar-refractivity contribution in [2.45, 2.75) is 13.1 Å². The molecule has 1 amide bonds. The number of pyridine rings is 1. The summed E-state index contributed by atoms with van der Waals surface area (Å²) >= 11 is 3.22. The molecule has 164 valence electrons. The SMILES string of the molecule is NNC(=O)c1ccc(Cn2c(=O)n(CCN3CCOCC3)c3cc(Br)c(F)cc32)nc1. The van der Waals surface area contributed by atoms with Crippen LogP contribution in [0.4, 0.5) is 4.39 Å². The molecule has 11 heteroatoms. The summed E-state index contributed by atoms with van der Waals surface area (Å²) in [5.74, 6) is 4.23. The monoisotopic (exact) mass is 492 g/mol.